The predicted molar refractivity (Wildman–Crippen MR) is 116 cm³/mol. The predicted octanol–water partition coefficient (Wildman–Crippen LogP) is 3.89. The molecule has 0 bridgehead atoms. The number of anilines is 1. The highest BCUT2D eigenvalue weighted by molar-refractivity contribution is 6.18. The molecular weight excluding hydrogens is 410 g/mol. The Morgan fingerprint density at radius 1 is 0.844 bits per heavy atom. The number of hydrogen-bond donors (Lipinski definition) is 1. The van der Waals surface area contributed by atoms with E-state index in [1.54, 1.807) is 60.7 Å². The van der Waals surface area contributed by atoms with Crippen molar-refractivity contribution in [3.8, 4) is 5.75 Å². The molecule has 0 unspecified atom stereocenters. The average molecular weight is 429 g/mol. The minimum atomic E-state index is -1.06. The number of hydrogen-bond acceptors (Lipinski definition) is 6. The van der Waals surface area contributed by atoms with Gasteiger partial charge in [-0.1, -0.05) is 60.7 Å². The summed E-state index contributed by atoms with van der Waals surface area (Å²) in [5, 5.41) is 2.73. The monoisotopic (exact) mass is 429 g/mol. The maximum atomic E-state index is 12.3. The normalized spacial score (nSPS) is 15.4. The molecule has 0 aliphatic carbocycles. The van der Waals surface area contributed by atoms with Crippen molar-refractivity contribution in [2.75, 3.05) is 11.9 Å². The van der Waals surface area contributed by atoms with Crippen LogP contribution in [0.2, 0.25) is 0 Å². The molecule has 32 heavy (non-hydrogen) atoms. The van der Waals surface area contributed by atoms with Crippen molar-refractivity contribution in [1.82, 2.24) is 0 Å². The van der Waals surface area contributed by atoms with Crippen LogP contribution in [0, 0.1) is 0 Å². The molecule has 0 radical (unpaired) electrons. The summed E-state index contributed by atoms with van der Waals surface area (Å²) in [5.41, 5.74) is 1.64. The summed E-state index contributed by atoms with van der Waals surface area (Å²) in [6.07, 6.45) is 0.323. The Bertz CT molecular complexity index is 1120. The second kappa shape index (κ2) is 9.61. The first-order valence-corrected chi connectivity index (χ1v) is 9.85. The van der Waals surface area contributed by atoms with Crippen molar-refractivity contribution in [3.63, 3.8) is 0 Å². The second-order valence-corrected chi connectivity index (χ2v) is 6.88. The van der Waals surface area contributed by atoms with E-state index < -0.39 is 18.2 Å². The van der Waals surface area contributed by atoms with E-state index in [-0.39, 0.29) is 18.1 Å². The van der Waals surface area contributed by atoms with Gasteiger partial charge in [0.05, 0.1) is 0 Å². The van der Waals surface area contributed by atoms with E-state index in [1.807, 2.05) is 24.3 Å². The van der Waals surface area contributed by atoms with Gasteiger partial charge in [0.2, 0.25) is 0 Å². The number of nitrogens with one attached hydrogen (secondary N) is 1. The fourth-order valence-electron chi connectivity index (χ4n) is 2.99. The first kappa shape index (κ1) is 20.9. The number of carbonyl (C=O) groups is 3. The molecule has 3 aromatic carbocycles. The van der Waals surface area contributed by atoms with Crippen LogP contribution in [0.25, 0.3) is 6.08 Å². The van der Waals surface area contributed by atoms with Gasteiger partial charge in [0, 0.05) is 11.3 Å². The maximum Gasteiger partial charge on any atom is 0.348 e. The number of rotatable bonds is 6. The Morgan fingerprint density at radius 3 is 2.06 bits per heavy atom. The lowest BCUT2D eigenvalue weighted by atomic mass is 10.1. The topological polar surface area (TPSA) is 90.9 Å². The zero-order valence-electron chi connectivity index (χ0n) is 16.9. The van der Waals surface area contributed by atoms with Gasteiger partial charge in [-0.15, -0.1) is 0 Å². The lowest BCUT2D eigenvalue weighted by Gasteiger charge is -2.23. The summed E-state index contributed by atoms with van der Waals surface area (Å²) in [7, 11) is 0. The van der Waals surface area contributed by atoms with Gasteiger partial charge >= 0.3 is 11.9 Å². The van der Waals surface area contributed by atoms with Gasteiger partial charge in [-0.25, -0.2) is 9.59 Å². The fourth-order valence-corrected chi connectivity index (χ4v) is 2.99. The third kappa shape index (κ3) is 5.20. The number of para-hydroxylation sites is 1. The quantitative estimate of drug-likeness (QED) is 0.363. The Kier molecular flexibility index (Phi) is 6.27. The molecule has 3 aromatic rings. The van der Waals surface area contributed by atoms with Crippen molar-refractivity contribution < 1.29 is 28.6 Å². The van der Waals surface area contributed by atoms with Crippen LogP contribution in [0.5, 0.6) is 5.75 Å². The van der Waals surface area contributed by atoms with Crippen molar-refractivity contribution in [3.05, 3.63) is 102 Å². The van der Waals surface area contributed by atoms with E-state index in [2.05, 4.69) is 5.32 Å². The third-order valence-corrected chi connectivity index (χ3v) is 4.56. The highest BCUT2D eigenvalue weighted by atomic mass is 16.7. The highest BCUT2D eigenvalue weighted by Gasteiger charge is 2.34. The molecule has 1 amide bonds. The lowest BCUT2D eigenvalue weighted by molar-refractivity contribution is -0.195. The van der Waals surface area contributed by atoms with Gasteiger partial charge < -0.3 is 19.5 Å². The largest absolute Gasteiger partial charge is 0.484 e. The van der Waals surface area contributed by atoms with Crippen LogP contribution in [0.1, 0.15) is 17.4 Å². The zero-order chi connectivity index (χ0) is 22.3. The molecule has 1 N–H and O–H groups in total. The molecule has 0 atom stereocenters. The molecule has 1 heterocycles. The van der Waals surface area contributed by atoms with Crippen molar-refractivity contribution in [2.45, 2.75) is 6.29 Å². The highest BCUT2D eigenvalue weighted by Crippen LogP contribution is 2.27. The SMILES string of the molecule is O=C(COc1ccc(C=C2C(=O)OC(c3ccccc3)OC2=O)cc1)Nc1ccccc1. The minimum absolute atomic E-state index is 0.158. The van der Waals surface area contributed by atoms with E-state index in [9.17, 15) is 14.4 Å². The van der Waals surface area contributed by atoms with Crippen LogP contribution >= 0.6 is 0 Å². The Balaban J connectivity index is 1.35. The van der Waals surface area contributed by atoms with Crippen LogP contribution in [-0.2, 0) is 23.9 Å². The summed E-state index contributed by atoms with van der Waals surface area (Å²) in [4.78, 5) is 36.6. The molecule has 0 aromatic heterocycles. The first-order chi connectivity index (χ1) is 15.6. The van der Waals surface area contributed by atoms with E-state index >= 15 is 0 Å². The van der Waals surface area contributed by atoms with Crippen LogP contribution in [0.3, 0.4) is 0 Å². The van der Waals surface area contributed by atoms with Crippen molar-refractivity contribution in [1.29, 1.82) is 0 Å². The van der Waals surface area contributed by atoms with Crippen LogP contribution in [0.15, 0.2) is 90.5 Å². The van der Waals surface area contributed by atoms with Gasteiger partial charge in [0.1, 0.15) is 11.3 Å². The first-order valence-electron chi connectivity index (χ1n) is 9.85. The lowest BCUT2D eigenvalue weighted by Crippen LogP contribution is -2.29. The molecule has 7 heteroatoms. The fraction of sp³-hybridized carbons (Fsp3) is 0.0800. The van der Waals surface area contributed by atoms with Gasteiger partial charge in [-0.3, -0.25) is 4.79 Å². The molecule has 0 saturated carbocycles. The Morgan fingerprint density at radius 2 is 1.44 bits per heavy atom. The molecule has 1 fully saturated rings. The van der Waals surface area contributed by atoms with E-state index in [4.69, 9.17) is 14.2 Å². The Hall–Kier alpha value is -4.39. The number of cyclic esters (lactones) is 2. The molecule has 0 spiro atoms. The van der Waals surface area contributed by atoms with Crippen molar-refractivity contribution >= 4 is 29.6 Å². The van der Waals surface area contributed by atoms with Crippen LogP contribution in [-0.4, -0.2) is 24.5 Å². The van der Waals surface area contributed by atoms with Crippen LogP contribution in [0.4, 0.5) is 5.69 Å². The third-order valence-electron chi connectivity index (χ3n) is 4.56. The average Bonchev–Trinajstić information content (AvgIpc) is 2.82. The van der Waals surface area contributed by atoms with E-state index in [1.165, 1.54) is 6.08 Å². The zero-order valence-corrected chi connectivity index (χ0v) is 16.9. The summed E-state index contributed by atoms with van der Waals surface area (Å²) < 4.78 is 16.0. The number of carbonyl (C=O) groups excluding carboxylic acids is 3. The minimum Gasteiger partial charge on any atom is -0.484 e. The van der Waals surface area contributed by atoms with Crippen molar-refractivity contribution in [2.24, 2.45) is 0 Å². The number of amides is 1. The number of ether oxygens (including phenoxy) is 3. The second-order valence-electron chi connectivity index (χ2n) is 6.88. The summed E-state index contributed by atoms with van der Waals surface area (Å²) in [5.74, 6) is -1.34. The van der Waals surface area contributed by atoms with Gasteiger partial charge in [-0.2, -0.15) is 0 Å². The number of esters is 2. The molecule has 7 nitrogen and oxygen atoms in total. The maximum absolute atomic E-state index is 12.3. The molecule has 4 rings (SSSR count). The summed E-state index contributed by atoms with van der Waals surface area (Å²) in [6, 6.07) is 24.4. The van der Waals surface area contributed by atoms with Crippen LogP contribution < -0.4 is 10.1 Å². The smallest absolute Gasteiger partial charge is 0.348 e. The summed E-state index contributed by atoms with van der Waals surface area (Å²) in [6.45, 7) is -0.158. The van der Waals surface area contributed by atoms with E-state index in [0.29, 0.717) is 22.6 Å². The van der Waals surface area contributed by atoms with E-state index in [0.717, 1.165) is 0 Å². The molecule has 1 aliphatic heterocycles. The van der Waals surface area contributed by atoms with Gasteiger partial charge in [-0.05, 0) is 35.9 Å². The van der Waals surface area contributed by atoms with Gasteiger partial charge in [0.15, 0.2) is 6.61 Å². The molecule has 1 aliphatic rings. The molecule has 160 valence electrons. The standard InChI is InChI=1S/C25H19NO6/c27-22(26-19-9-5-2-6-10-19)16-30-20-13-11-17(12-14-20)15-21-23(28)31-25(32-24(21)29)18-7-3-1-4-8-18/h1-15,25H,16H2,(H,26,27). The Labute approximate surface area is 184 Å². The number of benzene rings is 3. The molecular formula is C25H19NO6. The van der Waals surface area contributed by atoms with Gasteiger partial charge in [0.25, 0.3) is 12.2 Å². The summed E-state index contributed by atoms with van der Waals surface area (Å²) >= 11 is 0. The molecule has 1 saturated heterocycles.